The Kier molecular flexibility index (Phi) is 4.04. The largest absolute Gasteiger partial charge is 0.478 e. The van der Waals surface area contributed by atoms with Crippen molar-refractivity contribution in [3.8, 4) is 0 Å². The van der Waals surface area contributed by atoms with Crippen molar-refractivity contribution in [2.24, 2.45) is 5.73 Å². The summed E-state index contributed by atoms with van der Waals surface area (Å²) in [6, 6.07) is 0. The van der Waals surface area contributed by atoms with E-state index in [0.29, 0.717) is 6.42 Å². The Bertz CT molecular complexity index is 170. The van der Waals surface area contributed by atoms with Crippen molar-refractivity contribution in [3.63, 3.8) is 0 Å². The van der Waals surface area contributed by atoms with E-state index in [0.717, 1.165) is 0 Å². The summed E-state index contributed by atoms with van der Waals surface area (Å²) < 4.78 is 0. The standard InChI is InChI=1S/C7H11NO2/c1-2-3-6(4-5-8)7(9)10/h3-5H,2,8H2,1H3,(H,9,10)/b5-4-,6-3+. The van der Waals surface area contributed by atoms with Gasteiger partial charge in [-0.15, -0.1) is 0 Å². The van der Waals surface area contributed by atoms with Crippen LogP contribution in [0.2, 0.25) is 0 Å². The molecule has 0 aliphatic carbocycles. The maximum Gasteiger partial charge on any atom is 0.335 e. The SMILES string of the molecule is CC/C=C(\C=C/N)C(=O)O. The second-order valence-electron chi connectivity index (χ2n) is 1.73. The summed E-state index contributed by atoms with van der Waals surface area (Å²) in [5.74, 6) is -0.941. The average molecular weight is 141 g/mol. The fraction of sp³-hybridized carbons (Fsp3) is 0.286. The van der Waals surface area contributed by atoms with E-state index in [-0.39, 0.29) is 5.57 Å². The molecule has 0 unspecified atom stereocenters. The Balaban J connectivity index is 4.26. The number of aliphatic carboxylic acids is 1. The molecule has 0 atom stereocenters. The zero-order valence-corrected chi connectivity index (χ0v) is 5.87. The summed E-state index contributed by atoms with van der Waals surface area (Å²) in [5.41, 5.74) is 5.25. The van der Waals surface area contributed by atoms with Gasteiger partial charge in [0.1, 0.15) is 0 Å². The van der Waals surface area contributed by atoms with Gasteiger partial charge in [0.15, 0.2) is 0 Å². The molecule has 0 bridgehead atoms. The molecule has 0 aliphatic rings. The molecule has 0 aromatic heterocycles. The number of allylic oxidation sites excluding steroid dienone is 1. The molecule has 0 saturated heterocycles. The Morgan fingerprint density at radius 1 is 1.70 bits per heavy atom. The Morgan fingerprint density at radius 2 is 2.30 bits per heavy atom. The molecule has 0 aromatic rings. The predicted molar refractivity (Wildman–Crippen MR) is 39.3 cm³/mol. The van der Waals surface area contributed by atoms with Gasteiger partial charge in [-0.05, 0) is 18.7 Å². The highest BCUT2D eigenvalue weighted by atomic mass is 16.4. The minimum atomic E-state index is -0.941. The van der Waals surface area contributed by atoms with Gasteiger partial charge in [0, 0.05) is 0 Å². The van der Waals surface area contributed by atoms with Gasteiger partial charge in [-0.1, -0.05) is 13.0 Å². The van der Waals surface area contributed by atoms with Crippen molar-refractivity contribution < 1.29 is 9.90 Å². The topological polar surface area (TPSA) is 63.3 Å². The molecule has 0 radical (unpaired) electrons. The molecule has 3 nitrogen and oxygen atoms in total. The molecule has 0 saturated carbocycles. The monoisotopic (exact) mass is 141 g/mol. The van der Waals surface area contributed by atoms with Crippen LogP contribution in [0.4, 0.5) is 0 Å². The lowest BCUT2D eigenvalue weighted by Crippen LogP contribution is -1.97. The zero-order chi connectivity index (χ0) is 7.98. The van der Waals surface area contributed by atoms with E-state index in [1.165, 1.54) is 12.3 Å². The van der Waals surface area contributed by atoms with Crippen molar-refractivity contribution in [2.45, 2.75) is 13.3 Å². The fourth-order valence-corrected chi connectivity index (χ4v) is 0.550. The van der Waals surface area contributed by atoms with Gasteiger partial charge in [-0.2, -0.15) is 0 Å². The highest BCUT2D eigenvalue weighted by Gasteiger charge is 1.99. The second kappa shape index (κ2) is 4.61. The molecule has 10 heavy (non-hydrogen) atoms. The molecule has 0 aromatic carbocycles. The molecule has 0 spiro atoms. The van der Waals surface area contributed by atoms with Crippen molar-refractivity contribution in [3.05, 3.63) is 23.9 Å². The molecule has 0 amide bonds. The fourth-order valence-electron chi connectivity index (χ4n) is 0.550. The maximum atomic E-state index is 10.3. The van der Waals surface area contributed by atoms with Crippen LogP contribution >= 0.6 is 0 Å². The molecule has 3 heteroatoms. The van der Waals surface area contributed by atoms with Crippen molar-refractivity contribution in [1.82, 2.24) is 0 Å². The number of rotatable bonds is 3. The molecule has 56 valence electrons. The lowest BCUT2D eigenvalue weighted by atomic mass is 10.2. The number of hydrogen-bond donors (Lipinski definition) is 2. The lowest BCUT2D eigenvalue weighted by Gasteiger charge is -1.90. The van der Waals surface area contributed by atoms with Gasteiger partial charge in [0.25, 0.3) is 0 Å². The van der Waals surface area contributed by atoms with Crippen LogP contribution in [0.1, 0.15) is 13.3 Å². The highest BCUT2D eigenvalue weighted by Crippen LogP contribution is 1.97. The molecule has 3 N–H and O–H groups in total. The van der Waals surface area contributed by atoms with Crippen LogP contribution < -0.4 is 5.73 Å². The van der Waals surface area contributed by atoms with E-state index < -0.39 is 5.97 Å². The van der Waals surface area contributed by atoms with Crippen LogP contribution in [0.25, 0.3) is 0 Å². The Labute approximate surface area is 59.8 Å². The third-order valence-electron chi connectivity index (χ3n) is 0.947. The third kappa shape index (κ3) is 2.91. The van der Waals surface area contributed by atoms with E-state index in [1.807, 2.05) is 6.92 Å². The van der Waals surface area contributed by atoms with E-state index in [4.69, 9.17) is 10.8 Å². The summed E-state index contributed by atoms with van der Waals surface area (Å²) in [5, 5.41) is 8.46. The molecule has 0 fully saturated rings. The summed E-state index contributed by atoms with van der Waals surface area (Å²) in [7, 11) is 0. The van der Waals surface area contributed by atoms with Crippen LogP contribution in [0.15, 0.2) is 23.9 Å². The Hall–Kier alpha value is -1.25. The number of carboxylic acid groups (broad SMARTS) is 1. The molecular weight excluding hydrogens is 130 g/mol. The first-order chi connectivity index (χ1) is 4.72. The zero-order valence-electron chi connectivity index (χ0n) is 5.87. The lowest BCUT2D eigenvalue weighted by molar-refractivity contribution is -0.132. The minimum absolute atomic E-state index is 0.241. The maximum absolute atomic E-state index is 10.3. The number of nitrogens with two attached hydrogens (primary N) is 1. The van der Waals surface area contributed by atoms with Crippen LogP contribution in [0, 0.1) is 0 Å². The second-order valence-corrected chi connectivity index (χ2v) is 1.73. The summed E-state index contributed by atoms with van der Waals surface area (Å²) in [6.07, 6.45) is 4.89. The van der Waals surface area contributed by atoms with Crippen LogP contribution in [-0.4, -0.2) is 11.1 Å². The smallest absolute Gasteiger partial charge is 0.335 e. The number of carboxylic acids is 1. The van der Waals surface area contributed by atoms with Gasteiger partial charge in [-0.3, -0.25) is 0 Å². The van der Waals surface area contributed by atoms with Crippen molar-refractivity contribution in [2.75, 3.05) is 0 Å². The first-order valence-corrected chi connectivity index (χ1v) is 3.04. The van der Waals surface area contributed by atoms with Crippen molar-refractivity contribution >= 4 is 5.97 Å². The van der Waals surface area contributed by atoms with Gasteiger partial charge in [0.2, 0.25) is 0 Å². The van der Waals surface area contributed by atoms with Gasteiger partial charge >= 0.3 is 5.97 Å². The van der Waals surface area contributed by atoms with E-state index in [9.17, 15) is 4.79 Å². The van der Waals surface area contributed by atoms with E-state index >= 15 is 0 Å². The average Bonchev–Trinajstić information content (AvgIpc) is 1.87. The summed E-state index contributed by atoms with van der Waals surface area (Å²) >= 11 is 0. The van der Waals surface area contributed by atoms with Gasteiger partial charge < -0.3 is 10.8 Å². The highest BCUT2D eigenvalue weighted by molar-refractivity contribution is 5.89. The van der Waals surface area contributed by atoms with E-state index in [1.54, 1.807) is 6.08 Å². The molecule has 0 aliphatic heterocycles. The first-order valence-electron chi connectivity index (χ1n) is 3.04. The molecule has 0 heterocycles. The van der Waals surface area contributed by atoms with E-state index in [2.05, 4.69) is 0 Å². The Morgan fingerprint density at radius 3 is 2.60 bits per heavy atom. The van der Waals surface area contributed by atoms with Crippen molar-refractivity contribution in [1.29, 1.82) is 0 Å². The quantitative estimate of drug-likeness (QED) is 0.453. The van der Waals surface area contributed by atoms with Crippen LogP contribution in [0.3, 0.4) is 0 Å². The number of carbonyl (C=O) groups is 1. The van der Waals surface area contributed by atoms with Gasteiger partial charge in [-0.25, -0.2) is 4.79 Å². The summed E-state index contributed by atoms with van der Waals surface area (Å²) in [6.45, 7) is 1.87. The van der Waals surface area contributed by atoms with Crippen LogP contribution in [-0.2, 0) is 4.79 Å². The molecule has 0 rings (SSSR count). The predicted octanol–water partition coefficient (Wildman–Crippen LogP) is 0.880. The van der Waals surface area contributed by atoms with Gasteiger partial charge in [0.05, 0.1) is 5.57 Å². The van der Waals surface area contributed by atoms with Crippen LogP contribution in [0.5, 0.6) is 0 Å². The normalized spacial score (nSPS) is 12.3. The first kappa shape index (κ1) is 8.75. The minimum Gasteiger partial charge on any atom is -0.478 e. The number of hydrogen-bond acceptors (Lipinski definition) is 2. The summed E-state index contributed by atoms with van der Waals surface area (Å²) in [4.78, 5) is 10.3. The molecular formula is C7H11NO2. The third-order valence-corrected chi connectivity index (χ3v) is 0.947.